The van der Waals surface area contributed by atoms with Crippen LogP contribution in [0.5, 0.6) is 0 Å². The number of para-hydroxylation sites is 2. The number of fused-ring (bicyclic) bond motifs is 9. The lowest BCUT2D eigenvalue weighted by atomic mass is 9.97. The topological polar surface area (TPSA) is 4.93 Å². The zero-order chi connectivity index (χ0) is 29.5. The first kappa shape index (κ1) is 25.1. The molecule has 1 nitrogen and oxygen atoms in total. The lowest BCUT2D eigenvalue weighted by molar-refractivity contribution is 1.19. The Kier molecular flexibility index (Phi) is 5.39. The number of hydrogen-bond donors (Lipinski definition) is 0. The van der Waals surface area contributed by atoms with Crippen LogP contribution in [0, 0.1) is 0 Å². The van der Waals surface area contributed by atoms with Crippen LogP contribution >= 0.6 is 22.7 Å². The number of aromatic nitrogens is 1. The molecule has 45 heavy (non-hydrogen) atoms. The van der Waals surface area contributed by atoms with Crippen molar-refractivity contribution in [3.05, 3.63) is 152 Å². The van der Waals surface area contributed by atoms with Crippen LogP contribution in [0.15, 0.2) is 152 Å². The van der Waals surface area contributed by atoms with Crippen LogP contribution in [0.25, 0.3) is 90.1 Å². The summed E-state index contributed by atoms with van der Waals surface area (Å²) in [5.41, 5.74) is 8.75. The minimum Gasteiger partial charge on any atom is -0.308 e. The van der Waals surface area contributed by atoms with E-state index in [1.54, 1.807) is 0 Å². The van der Waals surface area contributed by atoms with Gasteiger partial charge in [-0.15, -0.1) is 22.7 Å². The molecule has 0 saturated heterocycles. The molecule has 0 amide bonds. The molecule has 0 bridgehead atoms. The highest BCUT2D eigenvalue weighted by Crippen LogP contribution is 2.46. The fourth-order valence-electron chi connectivity index (χ4n) is 7.08. The number of rotatable bonds is 3. The molecule has 3 heterocycles. The van der Waals surface area contributed by atoms with Crippen molar-refractivity contribution in [3.8, 4) is 27.9 Å². The lowest BCUT2D eigenvalue weighted by Crippen LogP contribution is -1.93. The first-order valence-electron chi connectivity index (χ1n) is 15.3. The quantitative estimate of drug-likeness (QED) is 0.188. The van der Waals surface area contributed by atoms with Crippen molar-refractivity contribution in [2.45, 2.75) is 0 Å². The summed E-state index contributed by atoms with van der Waals surface area (Å²) in [5.74, 6) is 0. The van der Waals surface area contributed by atoms with Gasteiger partial charge in [0.2, 0.25) is 0 Å². The summed E-state index contributed by atoms with van der Waals surface area (Å²) in [4.78, 5) is 0. The van der Waals surface area contributed by atoms with Crippen LogP contribution in [-0.4, -0.2) is 4.57 Å². The molecule has 0 fully saturated rings. The molecular formula is C42H25NS2. The largest absolute Gasteiger partial charge is 0.308 e. The van der Waals surface area contributed by atoms with E-state index >= 15 is 0 Å². The maximum atomic E-state index is 2.45. The summed E-state index contributed by atoms with van der Waals surface area (Å²) >= 11 is 3.79. The third kappa shape index (κ3) is 3.78. The van der Waals surface area contributed by atoms with E-state index in [0.29, 0.717) is 0 Å². The molecule has 0 aliphatic heterocycles. The van der Waals surface area contributed by atoms with Gasteiger partial charge in [-0.05, 0) is 75.5 Å². The smallest absolute Gasteiger partial charge is 0.0734 e. The molecule has 0 saturated carbocycles. The van der Waals surface area contributed by atoms with Crippen molar-refractivity contribution in [3.63, 3.8) is 0 Å². The molecule has 10 rings (SSSR count). The molecule has 0 atom stereocenters. The second kappa shape index (κ2) is 9.64. The molecule has 7 aromatic carbocycles. The summed E-state index contributed by atoms with van der Waals surface area (Å²) in [6.45, 7) is 0. The average Bonchev–Trinajstić information content (AvgIpc) is 3.75. The SMILES string of the molecule is c1ccc(-n2c3ccccc3c3sc4cccc(-c5ccc(-c6ccc7c(c6)sc6cc8ccccc8cc67)cc5)c4c32)cc1. The maximum absolute atomic E-state index is 2.45. The van der Waals surface area contributed by atoms with E-state index < -0.39 is 0 Å². The molecule has 10 aromatic rings. The van der Waals surface area contributed by atoms with Gasteiger partial charge in [0, 0.05) is 41.3 Å². The van der Waals surface area contributed by atoms with Crippen molar-refractivity contribution >= 4 is 84.8 Å². The fourth-order valence-corrected chi connectivity index (χ4v) is 9.50. The Morgan fingerprint density at radius 1 is 0.422 bits per heavy atom. The fraction of sp³-hybridized carbons (Fsp3) is 0. The standard InChI is InChI=1S/C42H25NS2/c1-2-11-31(12-3-1)43-36-15-7-6-13-34(36)42-41(43)40-32(14-8-16-37(40)45-42)27-19-17-26(18-20-27)30-21-22-33-35-23-28-9-4-5-10-29(28)24-39(35)44-38(33)25-30/h1-25H. The average molecular weight is 608 g/mol. The lowest BCUT2D eigenvalue weighted by Gasteiger charge is -2.11. The number of benzene rings is 7. The second-order valence-corrected chi connectivity index (χ2v) is 13.9. The Morgan fingerprint density at radius 2 is 1.13 bits per heavy atom. The van der Waals surface area contributed by atoms with E-state index in [4.69, 9.17) is 0 Å². The monoisotopic (exact) mass is 607 g/mol. The Labute approximate surface area is 267 Å². The Bertz CT molecular complexity index is 2740. The van der Waals surface area contributed by atoms with Crippen LogP contribution < -0.4 is 0 Å². The normalized spacial score (nSPS) is 12.0. The van der Waals surface area contributed by atoms with Gasteiger partial charge in [0.25, 0.3) is 0 Å². The Hall–Kier alpha value is -5.22. The first-order valence-corrected chi connectivity index (χ1v) is 16.9. The summed E-state index contributed by atoms with van der Waals surface area (Å²) < 4.78 is 7.79. The van der Waals surface area contributed by atoms with Gasteiger partial charge in [0.05, 0.1) is 15.7 Å². The zero-order valence-electron chi connectivity index (χ0n) is 24.2. The highest BCUT2D eigenvalue weighted by Gasteiger charge is 2.20. The van der Waals surface area contributed by atoms with Crippen molar-refractivity contribution in [1.82, 2.24) is 4.57 Å². The molecule has 0 aliphatic carbocycles. The van der Waals surface area contributed by atoms with E-state index in [-0.39, 0.29) is 0 Å². The van der Waals surface area contributed by atoms with Gasteiger partial charge in [-0.25, -0.2) is 0 Å². The molecule has 3 aromatic heterocycles. The second-order valence-electron chi connectivity index (χ2n) is 11.7. The van der Waals surface area contributed by atoms with Gasteiger partial charge in [-0.2, -0.15) is 0 Å². The highest BCUT2D eigenvalue weighted by molar-refractivity contribution is 7.27. The van der Waals surface area contributed by atoms with Crippen molar-refractivity contribution in [2.75, 3.05) is 0 Å². The number of hydrogen-bond acceptors (Lipinski definition) is 2. The van der Waals surface area contributed by atoms with Crippen LogP contribution in [0.1, 0.15) is 0 Å². The minimum absolute atomic E-state index is 1.19. The molecule has 3 heteroatoms. The highest BCUT2D eigenvalue weighted by atomic mass is 32.1. The summed E-state index contributed by atoms with van der Waals surface area (Å²) in [6, 6.07) is 55.8. The third-order valence-corrected chi connectivity index (χ3v) is 11.5. The van der Waals surface area contributed by atoms with E-state index in [0.717, 1.165) is 0 Å². The molecular weight excluding hydrogens is 583 g/mol. The van der Waals surface area contributed by atoms with Crippen LogP contribution in [0.4, 0.5) is 0 Å². The summed E-state index contributed by atoms with van der Waals surface area (Å²) in [7, 11) is 0. The number of nitrogens with zero attached hydrogens (tertiary/aromatic N) is 1. The van der Waals surface area contributed by atoms with E-state index in [2.05, 4.69) is 156 Å². The van der Waals surface area contributed by atoms with Crippen molar-refractivity contribution in [1.29, 1.82) is 0 Å². The van der Waals surface area contributed by atoms with Gasteiger partial charge in [-0.3, -0.25) is 0 Å². The van der Waals surface area contributed by atoms with E-state index in [1.165, 1.54) is 90.1 Å². The maximum Gasteiger partial charge on any atom is 0.0734 e. The summed E-state index contributed by atoms with van der Waals surface area (Å²) in [6.07, 6.45) is 0. The van der Waals surface area contributed by atoms with Crippen LogP contribution in [0.2, 0.25) is 0 Å². The van der Waals surface area contributed by atoms with Crippen LogP contribution in [-0.2, 0) is 0 Å². The Morgan fingerprint density at radius 3 is 2.00 bits per heavy atom. The van der Waals surface area contributed by atoms with Gasteiger partial charge in [0.1, 0.15) is 0 Å². The van der Waals surface area contributed by atoms with Gasteiger partial charge in [0.15, 0.2) is 0 Å². The van der Waals surface area contributed by atoms with Crippen LogP contribution in [0.3, 0.4) is 0 Å². The van der Waals surface area contributed by atoms with Gasteiger partial charge >= 0.3 is 0 Å². The zero-order valence-corrected chi connectivity index (χ0v) is 25.8. The molecule has 0 spiro atoms. The van der Waals surface area contributed by atoms with E-state index in [9.17, 15) is 0 Å². The third-order valence-electron chi connectivity index (χ3n) is 9.19. The van der Waals surface area contributed by atoms with Gasteiger partial charge < -0.3 is 4.57 Å². The first-order chi connectivity index (χ1) is 22.3. The van der Waals surface area contributed by atoms with Crippen molar-refractivity contribution in [2.24, 2.45) is 0 Å². The Balaban J connectivity index is 1.12. The van der Waals surface area contributed by atoms with E-state index in [1.807, 2.05) is 22.7 Å². The summed E-state index contributed by atoms with van der Waals surface area (Å²) in [5, 5.41) is 7.91. The van der Waals surface area contributed by atoms with Gasteiger partial charge in [-0.1, -0.05) is 109 Å². The molecule has 0 unspecified atom stereocenters. The minimum atomic E-state index is 1.19. The molecule has 210 valence electrons. The molecule has 0 radical (unpaired) electrons. The van der Waals surface area contributed by atoms with Crippen molar-refractivity contribution < 1.29 is 0 Å². The molecule has 0 N–H and O–H groups in total. The predicted octanol–water partition coefficient (Wildman–Crippen LogP) is 12.9. The predicted molar refractivity (Wildman–Crippen MR) is 197 cm³/mol. The number of thiophene rings is 2. The molecule has 0 aliphatic rings.